The number of hydrogen-bond donors (Lipinski definition) is 1. The molecule has 1 rings (SSSR count). The highest BCUT2D eigenvalue weighted by Crippen LogP contribution is 2.29. The maximum absolute atomic E-state index is 14.4. The summed E-state index contributed by atoms with van der Waals surface area (Å²) in [6.07, 6.45) is -1.93. The third kappa shape index (κ3) is 3.30. The standard InChI is InChI=1S/C11H17F2N3O4/c1-18-6-7(19-2)9(20-3)11(12,13)16-5-4-8(14)15-10(16)17/h4-5,7,9H,6H2,1-3H3,(H2,14,15,17). The van der Waals surface area contributed by atoms with Crippen LogP contribution < -0.4 is 11.4 Å². The molecule has 0 saturated heterocycles. The molecule has 0 bridgehead atoms. The van der Waals surface area contributed by atoms with Crippen LogP contribution in [-0.2, 0) is 20.3 Å². The number of anilines is 1. The van der Waals surface area contributed by atoms with Crippen molar-refractivity contribution in [1.82, 2.24) is 9.55 Å². The van der Waals surface area contributed by atoms with Crippen molar-refractivity contribution in [1.29, 1.82) is 0 Å². The highest BCUT2D eigenvalue weighted by molar-refractivity contribution is 5.23. The number of halogens is 2. The van der Waals surface area contributed by atoms with E-state index in [1.54, 1.807) is 0 Å². The fraction of sp³-hybridized carbons (Fsp3) is 0.636. The van der Waals surface area contributed by atoms with Gasteiger partial charge < -0.3 is 19.9 Å². The van der Waals surface area contributed by atoms with Crippen molar-refractivity contribution in [2.24, 2.45) is 0 Å². The number of alkyl halides is 2. The maximum atomic E-state index is 14.4. The topological polar surface area (TPSA) is 88.6 Å². The molecule has 114 valence electrons. The van der Waals surface area contributed by atoms with Crippen LogP contribution in [0.25, 0.3) is 0 Å². The molecule has 0 fully saturated rings. The van der Waals surface area contributed by atoms with Crippen LogP contribution in [0.4, 0.5) is 14.6 Å². The Labute approximate surface area is 114 Å². The second-order valence-corrected chi connectivity index (χ2v) is 3.98. The lowest BCUT2D eigenvalue weighted by molar-refractivity contribution is -0.227. The Kier molecular flexibility index (Phi) is 5.54. The number of aromatic nitrogens is 2. The molecule has 0 aliphatic rings. The van der Waals surface area contributed by atoms with E-state index in [2.05, 4.69) is 4.98 Å². The first kappa shape index (κ1) is 16.5. The first-order valence-corrected chi connectivity index (χ1v) is 5.66. The fourth-order valence-electron chi connectivity index (χ4n) is 1.74. The van der Waals surface area contributed by atoms with Gasteiger partial charge in [0.15, 0.2) is 6.10 Å². The molecule has 7 nitrogen and oxygen atoms in total. The Morgan fingerprint density at radius 2 is 2.05 bits per heavy atom. The van der Waals surface area contributed by atoms with E-state index in [9.17, 15) is 13.6 Å². The predicted octanol–water partition coefficient (Wildman–Crippen LogP) is 0.0512. The summed E-state index contributed by atoms with van der Waals surface area (Å²) in [6.45, 7) is -0.123. The molecular formula is C11H17F2N3O4. The van der Waals surface area contributed by atoms with Gasteiger partial charge in [-0.25, -0.2) is 9.36 Å². The van der Waals surface area contributed by atoms with Crippen molar-refractivity contribution in [3.05, 3.63) is 22.7 Å². The molecule has 0 aliphatic carbocycles. The summed E-state index contributed by atoms with van der Waals surface area (Å²) in [5.74, 6) is -0.142. The number of nitrogens with zero attached hydrogens (tertiary/aromatic N) is 2. The van der Waals surface area contributed by atoms with Crippen LogP contribution in [0, 0.1) is 0 Å². The number of hydrogen-bond acceptors (Lipinski definition) is 6. The van der Waals surface area contributed by atoms with E-state index in [4.69, 9.17) is 19.9 Å². The van der Waals surface area contributed by atoms with Gasteiger partial charge in [-0.15, -0.1) is 0 Å². The van der Waals surface area contributed by atoms with Crippen LogP contribution in [0.15, 0.2) is 17.1 Å². The van der Waals surface area contributed by atoms with E-state index in [-0.39, 0.29) is 17.0 Å². The number of ether oxygens (including phenoxy) is 3. The average Bonchev–Trinajstić information content (AvgIpc) is 2.37. The number of rotatable bonds is 7. The van der Waals surface area contributed by atoms with E-state index in [1.165, 1.54) is 14.2 Å². The largest absolute Gasteiger partial charge is 0.383 e. The Bertz CT molecular complexity index is 495. The molecule has 1 aromatic heterocycles. The molecule has 0 spiro atoms. The summed E-state index contributed by atoms with van der Waals surface area (Å²) >= 11 is 0. The lowest BCUT2D eigenvalue weighted by atomic mass is 10.1. The van der Waals surface area contributed by atoms with Gasteiger partial charge in [0.25, 0.3) is 0 Å². The van der Waals surface area contributed by atoms with Crippen molar-refractivity contribution in [3.8, 4) is 0 Å². The molecule has 2 atom stereocenters. The minimum Gasteiger partial charge on any atom is -0.383 e. The summed E-state index contributed by atoms with van der Waals surface area (Å²) in [5, 5.41) is 0. The van der Waals surface area contributed by atoms with E-state index in [0.29, 0.717) is 0 Å². The van der Waals surface area contributed by atoms with Gasteiger partial charge in [-0.2, -0.15) is 13.8 Å². The van der Waals surface area contributed by atoms with Crippen molar-refractivity contribution in [2.75, 3.05) is 33.7 Å². The summed E-state index contributed by atoms with van der Waals surface area (Å²) in [7, 11) is 3.68. The first-order chi connectivity index (χ1) is 9.38. The van der Waals surface area contributed by atoms with Crippen molar-refractivity contribution < 1.29 is 23.0 Å². The smallest absolute Gasteiger partial charge is 0.361 e. The third-order valence-electron chi connectivity index (χ3n) is 2.71. The number of nitrogens with two attached hydrogens (primary N) is 1. The fourth-order valence-corrected chi connectivity index (χ4v) is 1.74. The Morgan fingerprint density at radius 3 is 2.50 bits per heavy atom. The van der Waals surface area contributed by atoms with E-state index < -0.39 is 23.9 Å². The van der Waals surface area contributed by atoms with Crippen LogP contribution in [0.3, 0.4) is 0 Å². The summed E-state index contributed by atoms with van der Waals surface area (Å²) in [4.78, 5) is 14.8. The van der Waals surface area contributed by atoms with Crippen LogP contribution in [-0.4, -0.2) is 49.7 Å². The monoisotopic (exact) mass is 293 g/mol. The molecule has 1 heterocycles. The van der Waals surface area contributed by atoms with Gasteiger partial charge in [-0.3, -0.25) is 0 Å². The van der Waals surface area contributed by atoms with Crippen LogP contribution in [0.1, 0.15) is 0 Å². The third-order valence-corrected chi connectivity index (χ3v) is 2.71. The zero-order valence-electron chi connectivity index (χ0n) is 11.4. The van der Waals surface area contributed by atoms with Crippen molar-refractivity contribution >= 4 is 5.82 Å². The molecule has 1 aromatic rings. The summed E-state index contributed by atoms with van der Waals surface area (Å²) in [5.41, 5.74) is 4.09. The van der Waals surface area contributed by atoms with Gasteiger partial charge in [-0.1, -0.05) is 0 Å². The molecule has 0 aromatic carbocycles. The second-order valence-electron chi connectivity index (χ2n) is 3.98. The van der Waals surface area contributed by atoms with Gasteiger partial charge >= 0.3 is 11.7 Å². The Balaban J connectivity index is 3.19. The summed E-state index contributed by atoms with van der Waals surface area (Å²) in [6, 6.07) is -2.58. The maximum Gasteiger partial charge on any atom is 0.361 e. The van der Waals surface area contributed by atoms with Gasteiger partial charge in [0.2, 0.25) is 0 Å². The minimum absolute atomic E-state index is 0.123. The predicted molar refractivity (Wildman–Crippen MR) is 66.6 cm³/mol. The average molecular weight is 293 g/mol. The van der Waals surface area contributed by atoms with Gasteiger partial charge in [0.05, 0.1) is 6.61 Å². The molecule has 0 saturated carbocycles. The lowest BCUT2D eigenvalue weighted by Crippen LogP contribution is -2.51. The first-order valence-electron chi connectivity index (χ1n) is 5.66. The normalized spacial score (nSPS) is 15.1. The van der Waals surface area contributed by atoms with Gasteiger partial charge in [0.1, 0.15) is 11.9 Å². The Hall–Kier alpha value is -1.58. The van der Waals surface area contributed by atoms with E-state index in [1.807, 2.05) is 0 Å². The molecule has 20 heavy (non-hydrogen) atoms. The van der Waals surface area contributed by atoms with Gasteiger partial charge in [0, 0.05) is 27.5 Å². The molecule has 0 aliphatic heterocycles. The molecule has 9 heteroatoms. The van der Waals surface area contributed by atoms with Crippen molar-refractivity contribution in [2.45, 2.75) is 18.3 Å². The number of methoxy groups -OCH3 is 3. The van der Waals surface area contributed by atoms with E-state index in [0.717, 1.165) is 19.4 Å². The van der Waals surface area contributed by atoms with Crippen LogP contribution in [0.2, 0.25) is 0 Å². The number of nitrogen functional groups attached to an aromatic ring is 1. The van der Waals surface area contributed by atoms with Crippen molar-refractivity contribution in [3.63, 3.8) is 0 Å². The van der Waals surface area contributed by atoms with Crippen LogP contribution in [0.5, 0.6) is 0 Å². The molecule has 2 unspecified atom stereocenters. The summed E-state index contributed by atoms with van der Waals surface area (Å²) < 4.78 is 43.5. The zero-order chi connectivity index (χ0) is 15.3. The lowest BCUT2D eigenvalue weighted by Gasteiger charge is -2.31. The Morgan fingerprint density at radius 1 is 1.40 bits per heavy atom. The van der Waals surface area contributed by atoms with Gasteiger partial charge in [-0.05, 0) is 6.07 Å². The van der Waals surface area contributed by atoms with Crippen LogP contribution >= 0.6 is 0 Å². The zero-order valence-corrected chi connectivity index (χ0v) is 11.4. The molecule has 0 radical (unpaired) electrons. The molecular weight excluding hydrogens is 276 g/mol. The second kappa shape index (κ2) is 6.73. The highest BCUT2D eigenvalue weighted by Gasteiger charge is 2.47. The minimum atomic E-state index is -3.67. The quantitative estimate of drug-likeness (QED) is 0.764. The van der Waals surface area contributed by atoms with E-state index >= 15 is 0 Å². The molecule has 0 amide bonds. The molecule has 2 N–H and O–H groups in total. The highest BCUT2D eigenvalue weighted by atomic mass is 19.3. The SMILES string of the molecule is COCC(OC)C(OC)C(F)(F)n1ccc(N)nc1=O.